The van der Waals surface area contributed by atoms with Gasteiger partial charge in [-0.15, -0.1) is 0 Å². The Morgan fingerprint density at radius 2 is 1.91 bits per heavy atom. The summed E-state index contributed by atoms with van der Waals surface area (Å²) in [6.45, 7) is 3.54. The van der Waals surface area contributed by atoms with Crippen molar-refractivity contribution in [3.05, 3.63) is 24.8 Å². The SMILES string of the molecule is C=CC#C/C=C\C#CCCO. The van der Waals surface area contributed by atoms with Gasteiger partial charge in [0.2, 0.25) is 0 Å². The van der Waals surface area contributed by atoms with Crippen molar-refractivity contribution in [3.8, 4) is 23.7 Å². The minimum Gasteiger partial charge on any atom is -0.395 e. The fraction of sp³-hybridized carbons (Fsp3) is 0.200. The lowest BCUT2D eigenvalue weighted by molar-refractivity contribution is 0.305. The highest BCUT2D eigenvalue weighted by Crippen LogP contribution is 1.71. The molecule has 0 amide bonds. The van der Waals surface area contributed by atoms with E-state index in [0.717, 1.165) is 0 Å². The van der Waals surface area contributed by atoms with Gasteiger partial charge >= 0.3 is 0 Å². The molecular formula is C10H10O. The van der Waals surface area contributed by atoms with Gasteiger partial charge in [-0.1, -0.05) is 30.3 Å². The van der Waals surface area contributed by atoms with Crippen LogP contribution in [0.1, 0.15) is 6.42 Å². The number of allylic oxidation sites excluding steroid dienone is 3. The van der Waals surface area contributed by atoms with Gasteiger partial charge in [0.05, 0.1) is 6.61 Å². The topological polar surface area (TPSA) is 20.2 Å². The van der Waals surface area contributed by atoms with E-state index in [1.165, 1.54) is 6.08 Å². The van der Waals surface area contributed by atoms with E-state index in [9.17, 15) is 0 Å². The van der Waals surface area contributed by atoms with Crippen molar-refractivity contribution in [2.75, 3.05) is 6.61 Å². The summed E-state index contributed by atoms with van der Waals surface area (Å²) in [4.78, 5) is 0. The fourth-order valence-corrected chi connectivity index (χ4v) is 0.377. The minimum absolute atomic E-state index is 0.110. The predicted molar refractivity (Wildman–Crippen MR) is 46.6 cm³/mol. The molecule has 1 N–H and O–H groups in total. The van der Waals surface area contributed by atoms with Crippen LogP contribution >= 0.6 is 0 Å². The highest BCUT2D eigenvalue weighted by atomic mass is 16.2. The quantitative estimate of drug-likeness (QED) is 0.549. The van der Waals surface area contributed by atoms with Gasteiger partial charge in [0.15, 0.2) is 0 Å². The Labute approximate surface area is 67.4 Å². The van der Waals surface area contributed by atoms with E-state index in [0.29, 0.717) is 6.42 Å². The van der Waals surface area contributed by atoms with Gasteiger partial charge in [0, 0.05) is 6.42 Å². The van der Waals surface area contributed by atoms with Crippen LogP contribution < -0.4 is 0 Å². The van der Waals surface area contributed by atoms with Crippen LogP contribution in [0.4, 0.5) is 0 Å². The highest BCUT2D eigenvalue weighted by Gasteiger charge is 1.66. The molecule has 0 heterocycles. The maximum Gasteiger partial charge on any atom is 0.0540 e. The maximum absolute atomic E-state index is 8.34. The first-order chi connectivity index (χ1) is 5.41. The minimum atomic E-state index is 0.110. The number of aliphatic hydroxyl groups excluding tert-OH is 1. The summed E-state index contributed by atoms with van der Waals surface area (Å²) in [7, 11) is 0. The third-order valence-electron chi connectivity index (χ3n) is 0.774. The zero-order chi connectivity index (χ0) is 8.36. The standard InChI is InChI=1S/C10H10O/c1-2-3-4-5-6-7-8-9-10-11/h2,5-6,11H,1,9-10H2/b6-5-. The molecule has 1 nitrogen and oxygen atoms in total. The molecule has 0 aliphatic carbocycles. The van der Waals surface area contributed by atoms with Crippen molar-refractivity contribution in [2.24, 2.45) is 0 Å². The Morgan fingerprint density at radius 3 is 2.55 bits per heavy atom. The Kier molecular flexibility index (Phi) is 7.44. The molecule has 0 aromatic carbocycles. The monoisotopic (exact) mass is 146 g/mol. The highest BCUT2D eigenvalue weighted by molar-refractivity contribution is 5.27. The number of hydrogen-bond donors (Lipinski definition) is 1. The van der Waals surface area contributed by atoms with Gasteiger partial charge in [-0.2, -0.15) is 0 Å². The van der Waals surface area contributed by atoms with Crippen LogP contribution in [0.5, 0.6) is 0 Å². The Balaban J connectivity index is 3.61. The molecule has 0 fully saturated rings. The van der Waals surface area contributed by atoms with Gasteiger partial charge in [0.1, 0.15) is 0 Å². The largest absolute Gasteiger partial charge is 0.395 e. The second-order valence-electron chi connectivity index (χ2n) is 1.62. The molecule has 0 radical (unpaired) electrons. The van der Waals surface area contributed by atoms with Gasteiger partial charge in [-0.05, 0) is 18.2 Å². The van der Waals surface area contributed by atoms with Crippen LogP contribution in [0, 0.1) is 23.7 Å². The Morgan fingerprint density at radius 1 is 1.18 bits per heavy atom. The molecule has 0 aromatic heterocycles. The zero-order valence-corrected chi connectivity index (χ0v) is 6.30. The average molecular weight is 146 g/mol. The molecule has 0 atom stereocenters. The molecular weight excluding hydrogens is 136 g/mol. The number of rotatable bonds is 1. The summed E-state index contributed by atoms with van der Waals surface area (Å²) in [6, 6.07) is 0. The summed E-state index contributed by atoms with van der Waals surface area (Å²) in [5, 5.41) is 8.34. The fourth-order valence-electron chi connectivity index (χ4n) is 0.377. The molecule has 0 aliphatic heterocycles. The summed E-state index contributed by atoms with van der Waals surface area (Å²) >= 11 is 0. The lowest BCUT2D eigenvalue weighted by Crippen LogP contribution is -1.74. The first-order valence-corrected chi connectivity index (χ1v) is 3.28. The average Bonchev–Trinajstić information content (AvgIpc) is 2.03. The molecule has 0 bridgehead atoms. The van der Waals surface area contributed by atoms with E-state index in [1.54, 1.807) is 12.2 Å². The van der Waals surface area contributed by atoms with Gasteiger partial charge in [-0.25, -0.2) is 0 Å². The van der Waals surface area contributed by atoms with Gasteiger partial charge in [-0.3, -0.25) is 0 Å². The van der Waals surface area contributed by atoms with Crippen molar-refractivity contribution >= 4 is 0 Å². The second kappa shape index (κ2) is 8.56. The van der Waals surface area contributed by atoms with Crippen LogP contribution in [0.2, 0.25) is 0 Å². The molecule has 0 spiro atoms. The molecule has 0 aliphatic rings. The van der Waals surface area contributed by atoms with Crippen molar-refractivity contribution in [1.82, 2.24) is 0 Å². The maximum atomic E-state index is 8.34. The van der Waals surface area contributed by atoms with Crippen LogP contribution in [0.3, 0.4) is 0 Å². The third-order valence-corrected chi connectivity index (χ3v) is 0.774. The van der Waals surface area contributed by atoms with Crippen molar-refractivity contribution in [3.63, 3.8) is 0 Å². The lowest BCUT2D eigenvalue weighted by atomic mass is 10.4. The van der Waals surface area contributed by atoms with Gasteiger partial charge < -0.3 is 5.11 Å². The molecule has 0 aromatic rings. The van der Waals surface area contributed by atoms with E-state index >= 15 is 0 Å². The van der Waals surface area contributed by atoms with E-state index in [2.05, 4.69) is 30.3 Å². The Hall–Kier alpha value is -1.44. The van der Waals surface area contributed by atoms with Crippen LogP contribution in [0.25, 0.3) is 0 Å². The van der Waals surface area contributed by atoms with Crippen LogP contribution in [0.15, 0.2) is 24.8 Å². The first-order valence-electron chi connectivity index (χ1n) is 3.28. The van der Waals surface area contributed by atoms with E-state index in [4.69, 9.17) is 5.11 Å². The van der Waals surface area contributed by atoms with E-state index < -0.39 is 0 Å². The van der Waals surface area contributed by atoms with E-state index in [1.807, 2.05) is 0 Å². The zero-order valence-electron chi connectivity index (χ0n) is 6.30. The van der Waals surface area contributed by atoms with Crippen LogP contribution in [-0.2, 0) is 0 Å². The van der Waals surface area contributed by atoms with Crippen LogP contribution in [-0.4, -0.2) is 11.7 Å². The molecule has 0 saturated heterocycles. The van der Waals surface area contributed by atoms with Gasteiger partial charge in [0.25, 0.3) is 0 Å². The summed E-state index contributed by atoms with van der Waals surface area (Å²) in [5.41, 5.74) is 0. The molecule has 0 saturated carbocycles. The predicted octanol–water partition coefficient (Wildman–Crippen LogP) is 1.12. The summed E-state index contributed by atoms with van der Waals surface area (Å²) in [6.07, 6.45) is 5.32. The van der Waals surface area contributed by atoms with Crippen molar-refractivity contribution in [2.45, 2.75) is 6.42 Å². The van der Waals surface area contributed by atoms with Crippen molar-refractivity contribution in [1.29, 1.82) is 0 Å². The molecule has 56 valence electrons. The van der Waals surface area contributed by atoms with E-state index in [-0.39, 0.29) is 6.61 Å². The Bertz CT molecular complexity index is 240. The first kappa shape index (κ1) is 9.56. The molecule has 0 unspecified atom stereocenters. The summed E-state index contributed by atoms with van der Waals surface area (Å²) in [5.74, 6) is 10.8. The number of aliphatic hydroxyl groups is 1. The molecule has 11 heavy (non-hydrogen) atoms. The third kappa shape index (κ3) is 8.56. The molecule has 1 heteroatoms. The normalized spacial score (nSPS) is 7.73. The van der Waals surface area contributed by atoms with Crippen molar-refractivity contribution < 1.29 is 5.11 Å². The smallest absolute Gasteiger partial charge is 0.0540 e. The lowest BCUT2D eigenvalue weighted by Gasteiger charge is -1.73. The second-order valence-corrected chi connectivity index (χ2v) is 1.62. The molecule has 0 rings (SSSR count). The number of hydrogen-bond acceptors (Lipinski definition) is 1. The summed E-state index contributed by atoms with van der Waals surface area (Å²) < 4.78 is 0.